The van der Waals surface area contributed by atoms with Crippen molar-refractivity contribution in [2.75, 3.05) is 32.7 Å². The van der Waals surface area contributed by atoms with Crippen molar-refractivity contribution in [2.45, 2.75) is 25.9 Å². The third kappa shape index (κ3) is 5.57. The van der Waals surface area contributed by atoms with E-state index in [0.29, 0.717) is 19.0 Å². The van der Waals surface area contributed by atoms with Crippen molar-refractivity contribution in [2.24, 2.45) is 5.92 Å². The van der Waals surface area contributed by atoms with Gasteiger partial charge in [0.05, 0.1) is 0 Å². The summed E-state index contributed by atoms with van der Waals surface area (Å²) in [5.41, 5.74) is 0. The van der Waals surface area contributed by atoms with Gasteiger partial charge in [-0.15, -0.1) is 0 Å². The molecule has 7 heteroatoms. The van der Waals surface area contributed by atoms with Crippen LogP contribution in [0.5, 0.6) is 0 Å². The second-order valence-electron chi connectivity index (χ2n) is 4.51. The second-order valence-corrected chi connectivity index (χ2v) is 4.51. The molecule has 4 nitrogen and oxygen atoms in total. The highest BCUT2D eigenvalue weighted by Gasteiger charge is 2.29. The van der Waals surface area contributed by atoms with Crippen molar-refractivity contribution in [1.29, 1.82) is 0 Å². The first-order chi connectivity index (χ1) is 8.42. The summed E-state index contributed by atoms with van der Waals surface area (Å²) in [6.45, 7) is 3.27. The lowest BCUT2D eigenvalue weighted by molar-refractivity contribution is -0.123. The number of piperidine rings is 1. The average molecular weight is 267 g/mol. The summed E-state index contributed by atoms with van der Waals surface area (Å²) in [5.74, 6) is 0.378. The first kappa shape index (κ1) is 15.1. The zero-order chi connectivity index (χ0) is 13.6. The van der Waals surface area contributed by atoms with E-state index in [0.717, 1.165) is 25.9 Å². The number of alkyl halides is 3. The van der Waals surface area contributed by atoms with Crippen molar-refractivity contribution in [1.82, 2.24) is 15.5 Å². The van der Waals surface area contributed by atoms with Gasteiger partial charge >= 0.3 is 12.2 Å². The topological polar surface area (TPSA) is 44.4 Å². The van der Waals surface area contributed by atoms with Gasteiger partial charge in [0.25, 0.3) is 0 Å². The lowest BCUT2D eigenvalue weighted by atomic mass is 9.98. The van der Waals surface area contributed by atoms with Crippen LogP contribution in [0.1, 0.15) is 19.8 Å². The first-order valence-corrected chi connectivity index (χ1v) is 6.22. The highest BCUT2D eigenvalue weighted by Crippen LogP contribution is 2.15. The minimum absolute atomic E-state index is 0.378. The van der Waals surface area contributed by atoms with E-state index in [4.69, 9.17) is 0 Å². The summed E-state index contributed by atoms with van der Waals surface area (Å²) < 4.78 is 36.0. The van der Waals surface area contributed by atoms with Gasteiger partial charge in [-0.2, -0.15) is 13.2 Å². The molecule has 0 radical (unpaired) electrons. The molecule has 2 N–H and O–H groups in total. The molecule has 0 aromatic carbocycles. The molecule has 0 bridgehead atoms. The van der Waals surface area contributed by atoms with Gasteiger partial charge in [-0.25, -0.2) is 4.79 Å². The van der Waals surface area contributed by atoms with E-state index in [-0.39, 0.29) is 0 Å². The van der Waals surface area contributed by atoms with Gasteiger partial charge in [0, 0.05) is 13.1 Å². The molecular formula is C11H20F3N3O. The molecule has 0 atom stereocenters. The van der Waals surface area contributed by atoms with Gasteiger partial charge in [-0.05, 0) is 38.8 Å². The Labute approximate surface area is 105 Å². The van der Waals surface area contributed by atoms with Crippen molar-refractivity contribution >= 4 is 6.03 Å². The number of hydrogen-bond donors (Lipinski definition) is 2. The largest absolute Gasteiger partial charge is 0.405 e. The van der Waals surface area contributed by atoms with E-state index < -0.39 is 18.8 Å². The van der Waals surface area contributed by atoms with Crippen LogP contribution >= 0.6 is 0 Å². The van der Waals surface area contributed by atoms with Crippen LogP contribution in [-0.2, 0) is 0 Å². The Hall–Kier alpha value is -0.980. The van der Waals surface area contributed by atoms with Gasteiger partial charge in [-0.1, -0.05) is 0 Å². The molecule has 1 aliphatic rings. The number of nitrogens with zero attached hydrogens (tertiary/aromatic N) is 1. The minimum atomic E-state index is -4.36. The number of rotatable bonds is 4. The zero-order valence-corrected chi connectivity index (χ0v) is 10.5. The Morgan fingerprint density at radius 3 is 2.50 bits per heavy atom. The Kier molecular flexibility index (Phi) is 5.71. The van der Waals surface area contributed by atoms with Gasteiger partial charge in [-0.3, -0.25) is 0 Å². The molecule has 2 amide bonds. The van der Waals surface area contributed by atoms with E-state index in [1.807, 2.05) is 5.32 Å². The summed E-state index contributed by atoms with van der Waals surface area (Å²) in [6.07, 6.45) is -2.43. The first-order valence-electron chi connectivity index (χ1n) is 6.22. The SMILES string of the molecule is CCN(CC1CCNCC1)C(=O)NCC(F)(F)F. The van der Waals surface area contributed by atoms with E-state index in [2.05, 4.69) is 5.32 Å². The van der Waals surface area contributed by atoms with Crippen molar-refractivity contribution in [3.8, 4) is 0 Å². The number of carbonyl (C=O) groups excluding carboxylic acids is 1. The van der Waals surface area contributed by atoms with E-state index in [1.54, 1.807) is 6.92 Å². The Bertz CT molecular complexity index is 265. The zero-order valence-electron chi connectivity index (χ0n) is 10.5. The fourth-order valence-corrected chi connectivity index (χ4v) is 2.02. The van der Waals surface area contributed by atoms with Crippen LogP contribution in [0.4, 0.5) is 18.0 Å². The molecular weight excluding hydrogens is 247 g/mol. The van der Waals surface area contributed by atoms with E-state index in [9.17, 15) is 18.0 Å². The number of hydrogen-bond acceptors (Lipinski definition) is 2. The van der Waals surface area contributed by atoms with Crippen molar-refractivity contribution < 1.29 is 18.0 Å². The average Bonchev–Trinajstić information content (AvgIpc) is 2.33. The van der Waals surface area contributed by atoms with Crippen LogP contribution in [0.25, 0.3) is 0 Å². The number of nitrogens with one attached hydrogen (secondary N) is 2. The van der Waals surface area contributed by atoms with Crippen LogP contribution in [0, 0.1) is 5.92 Å². The lowest BCUT2D eigenvalue weighted by Gasteiger charge is -2.29. The molecule has 1 rings (SSSR count). The highest BCUT2D eigenvalue weighted by molar-refractivity contribution is 5.74. The molecule has 1 fully saturated rings. The summed E-state index contributed by atoms with van der Waals surface area (Å²) >= 11 is 0. The van der Waals surface area contributed by atoms with Crippen molar-refractivity contribution in [3.63, 3.8) is 0 Å². The van der Waals surface area contributed by atoms with Gasteiger partial charge < -0.3 is 15.5 Å². The van der Waals surface area contributed by atoms with Gasteiger partial charge in [0.1, 0.15) is 6.54 Å². The molecule has 1 heterocycles. The molecule has 1 aliphatic heterocycles. The monoisotopic (exact) mass is 267 g/mol. The molecule has 0 aliphatic carbocycles. The maximum Gasteiger partial charge on any atom is 0.405 e. The molecule has 0 aromatic rings. The maximum absolute atomic E-state index is 12.0. The molecule has 0 aromatic heterocycles. The van der Waals surface area contributed by atoms with Crippen molar-refractivity contribution in [3.05, 3.63) is 0 Å². The summed E-state index contributed by atoms with van der Waals surface area (Å²) in [4.78, 5) is 13.0. The predicted octanol–water partition coefficient (Wildman–Crippen LogP) is 1.58. The number of urea groups is 1. The quantitative estimate of drug-likeness (QED) is 0.812. The molecule has 0 spiro atoms. The van der Waals surface area contributed by atoms with Crippen LogP contribution < -0.4 is 10.6 Å². The molecule has 1 saturated heterocycles. The standard InChI is InChI=1S/C11H20F3N3O/c1-2-17(7-9-3-5-15-6-4-9)10(18)16-8-11(12,13)14/h9,15H,2-8H2,1H3,(H,16,18). The third-order valence-corrected chi connectivity index (χ3v) is 3.05. The summed E-state index contributed by atoms with van der Waals surface area (Å²) in [5, 5.41) is 5.12. The lowest BCUT2D eigenvalue weighted by Crippen LogP contribution is -2.46. The highest BCUT2D eigenvalue weighted by atomic mass is 19.4. The molecule has 0 unspecified atom stereocenters. The molecule has 18 heavy (non-hydrogen) atoms. The normalized spacial score (nSPS) is 17.6. The molecule has 106 valence electrons. The Morgan fingerprint density at radius 1 is 1.39 bits per heavy atom. The summed E-state index contributed by atoms with van der Waals surface area (Å²) in [7, 11) is 0. The fourth-order valence-electron chi connectivity index (χ4n) is 2.02. The van der Waals surface area contributed by atoms with Gasteiger partial charge in [0.15, 0.2) is 0 Å². The van der Waals surface area contributed by atoms with Gasteiger partial charge in [0.2, 0.25) is 0 Å². The molecule has 0 saturated carbocycles. The Balaban J connectivity index is 2.36. The maximum atomic E-state index is 12.0. The number of carbonyl (C=O) groups is 1. The van der Waals surface area contributed by atoms with Crippen LogP contribution in [0.2, 0.25) is 0 Å². The van der Waals surface area contributed by atoms with Crippen LogP contribution in [0.3, 0.4) is 0 Å². The van der Waals surface area contributed by atoms with Crippen LogP contribution in [-0.4, -0.2) is 49.8 Å². The van der Waals surface area contributed by atoms with E-state index >= 15 is 0 Å². The minimum Gasteiger partial charge on any atom is -0.329 e. The Morgan fingerprint density at radius 2 is 2.00 bits per heavy atom. The van der Waals surface area contributed by atoms with Crippen LogP contribution in [0.15, 0.2) is 0 Å². The third-order valence-electron chi connectivity index (χ3n) is 3.05. The summed E-state index contributed by atoms with van der Waals surface area (Å²) in [6, 6.07) is -0.631. The fraction of sp³-hybridized carbons (Fsp3) is 0.909. The second kappa shape index (κ2) is 6.82. The number of halogens is 3. The smallest absolute Gasteiger partial charge is 0.329 e. The number of amides is 2. The van der Waals surface area contributed by atoms with E-state index in [1.165, 1.54) is 4.90 Å². The predicted molar refractivity (Wildman–Crippen MR) is 62.3 cm³/mol.